The van der Waals surface area contributed by atoms with E-state index in [4.69, 9.17) is 9.47 Å². The zero-order valence-corrected chi connectivity index (χ0v) is 17.0. The molecule has 0 saturated carbocycles. The molecule has 0 bridgehead atoms. The topological polar surface area (TPSA) is 54.9 Å². The van der Waals surface area contributed by atoms with Gasteiger partial charge in [-0.3, -0.25) is 4.79 Å². The van der Waals surface area contributed by atoms with Crippen molar-refractivity contribution in [2.75, 3.05) is 44.3 Å². The van der Waals surface area contributed by atoms with E-state index in [1.165, 1.54) is 6.07 Å². The summed E-state index contributed by atoms with van der Waals surface area (Å²) in [5, 5.41) is 0. The van der Waals surface area contributed by atoms with E-state index in [-0.39, 0.29) is 5.91 Å². The fourth-order valence-corrected chi connectivity index (χ4v) is 3.79. The molecule has 2 aliphatic heterocycles. The molecule has 1 fully saturated rings. The minimum Gasteiger partial charge on any atom is -0.486 e. The van der Waals surface area contributed by atoms with Crippen LogP contribution in [0.15, 0.2) is 36.5 Å². The number of aryl methyl sites for hydroxylation is 1. The maximum atomic E-state index is 12.7. The molecule has 1 aromatic heterocycles. The van der Waals surface area contributed by atoms with Gasteiger partial charge in [-0.05, 0) is 42.7 Å². The Kier molecular flexibility index (Phi) is 6.20. The van der Waals surface area contributed by atoms with Crippen molar-refractivity contribution < 1.29 is 27.4 Å². The maximum Gasteiger partial charge on any atom is 0.417 e. The Morgan fingerprint density at radius 1 is 1.00 bits per heavy atom. The Morgan fingerprint density at radius 2 is 1.81 bits per heavy atom. The van der Waals surface area contributed by atoms with E-state index >= 15 is 0 Å². The first-order valence-electron chi connectivity index (χ1n) is 10.3. The Bertz CT molecular complexity index is 918. The number of halogens is 3. The van der Waals surface area contributed by atoms with Crippen LogP contribution in [0.25, 0.3) is 0 Å². The molecule has 3 heterocycles. The smallest absolute Gasteiger partial charge is 0.417 e. The van der Waals surface area contributed by atoms with Crippen LogP contribution in [0.4, 0.5) is 19.0 Å². The molecular weight excluding hydrogens is 411 g/mol. The quantitative estimate of drug-likeness (QED) is 0.736. The lowest BCUT2D eigenvalue weighted by Gasteiger charge is -2.23. The van der Waals surface area contributed by atoms with Crippen molar-refractivity contribution in [1.82, 2.24) is 9.88 Å². The van der Waals surface area contributed by atoms with Crippen molar-refractivity contribution in [2.45, 2.75) is 25.4 Å². The molecule has 1 amide bonds. The van der Waals surface area contributed by atoms with Crippen molar-refractivity contribution in [3.8, 4) is 11.5 Å². The predicted octanol–water partition coefficient (Wildman–Crippen LogP) is 3.54. The number of carbonyl (C=O) groups is 1. The number of amides is 1. The lowest BCUT2D eigenvalue weighted by atomic mass is 10.1. The average Bonchev–Trinajstić information content (AvgIpc) is 3.03. The van der Waals surface area contributed by atoms with Crippen LogP contribution in [0.1, 0.15) is 24.0 Å². The number of hydrogen-bond acceptors (Lipinski definition) is 5. The van der Waals surface area contributed by atoms with Crippen LogP contribution < -0.4 is 14.4 Å². The number of carbonyl (C=O) groups excluding carboxylic acids is 1. The molecule has 31 heavy (non-hydrogen) atoms. The molecule has 0 N–H and O–H groups in total. The summed E-state index contributed by atoms with van der Waals surface area (Å²) in [6.07, 6.45) is -1.81. The summed E-state index contributed by atoms with van der Waals surface area (Å²) in [5.41, 5.74) is 0.255. The van der Waals surface area contributed by atoms with Crippen LogP contribution >= 0.6 is 0 Å². The van der Waals surface area contributed by atoms with E-state index in [9.17, 15) is 18.0 Å². The highest BCUT2D eigenvalue weighted by molar-refractivity contribution is 5.76. The van der Waals surface area contributed by atoms with Crippen LogP contribution in [0, 0.1) is 0 Å². The zero-order valence-electron chi connectivity index (χ0n) is 17.0. The third kappa shape index (κ3) is 5.21. The Balaban J connectivity index is 1.30. The highest BCUT2D eigenvalue weighted by atomic mass is 19.4. The second kappa shape index (κ2) is 9.03. The highest BCUT2D eigenvalue weighted by Crippen LogP contribution is 2.31. The lowest BCUT2D eigenvalue weighted by Crippen LogP contribution is -2.35. The number of rotatable bonds is 4. The predicted molar refractivity (Wildman–Crippen MR) is 108 cm³/mol. The molecule has 9 heteroatoms. The van der Waals surface area contributed by atoms with Gasteiger partial charge in [-0.1, -0.05) is 6.07 Å². The van der Waals surface area contributed by atoms with Crippen molar-refractivity contribution in [3.63, 3.8) is 0 Å². The normalized spacial score (nSPS) is 16.7. The molecule has 2 aromatic rings. The Hall–Kier alpha value is -2.97. The third-order valence-electron chi connectivity index (χ3n) is 5.48. The number of ether oxygens (including phenoxy) is 2. The fourth-order valence-electron chi connectivity index (χ4n) is 3.79. The van der Waals surface area contributed by atoms with Gasteiger partial charge in [0.05, 0.1) is 5.56 Å². The summed E-state index contributed by atoms with van der Waals surface area (Å²) in [6.45, 7) is 3.38. The number of hydrogen-bond donors (Lipinski definition) is 0. The number of alkyl halides is 3. The van der Waals surface area contributed by atoms with Gasteiger partial charge in [-0.25, -0.2) is 4.98 Å². The van der Waals surface area contributed by atoms with E-state index in [2.05, 4.69) is 4.98 Å². The standard InChI is InChI=1S/C22H24F3N3O3/c23-22(24,25)17-4-6-20(26-15-17)27-8-1-9-28(11-10-27)21(29)7-3-16-2-5-18-19(14-16)31-13-12-30-18/h2,4-6,14-15H,1,3,7-13H2. The van der Waals surface area contributed by atoms with E-state index in [1.54, 1.807) is 0 Å². The molecule has 1 aromatic carbocycles. The first kappa shape index (κ1) is 21.3. The number of benzene rings is 1. The van der Waals surface area contributed by atoms with Gasteiger partial charge in [-0.2, -0.15) is 13.2 Å². The molecule has 2 aliphatic rings. The highest BCUT2D eigenvalue weighted by Gasteiger charge is 2.31. The third-order valence-corrected chi connectivity index (χ3v) is 5.48. The minimum atomic E-state index is -4.40. The van der Waals surface area contributed by atoms with Gasteiger partial charge in [0.2, 0.25) is 5.91 Å². The minimum absolute atomic E-state index is 0.0668. The second-order valence-corrected chi connectivity index (χ2v) is 7.60. The molecule has 166 valence electrons. The van der Waals surface area contributed by atoms with Crippen LogP contribution in [0.2, 0.25) is 0 Å². The van der Waals surface area contributed by atoms with Gasteiger partial charge in [0.1, 0.15) is 19.0 Å². The lowest BCUT2D eigenvalue weighted by molar-refractivity contribution is -0.137. The largest absolute Gasteiger partial charge is 0.486 e. The molecule has 0 spiro atoms. The number of pyridine rings is 1. The van der Waals surface area contributed by atoms with Crippen molar-refractivity contribution in [2.24, 2.45) is 0 Å². The van der Waals surface area contributed by atoms with E-state index in [0.29, 0.717) is 63.8 Å². The molecule has 0 aliphatic carbocycles. The van der Waals surface area contributed by atoms with Gasteiger partial charge in [0.25, 0.3) is 0 Å². The van der Waals surface area contributed by atoms with Crippen molar-refractivity contribution in [3.05, 3.63) is 47.7 Å². The summed E-state index contributed by atoms with van der Waals surface area (Å²) < 4.78 is 49.3. The molecule has 1 saturated heterocycles. The molecule has 6 nitrogen and oxygen atoms in total. The van der Waals surface area contributed by atoms with Crippen LogP contribution in [-0.4, -0.2) is 55.2 Å². The van der Waals surface area contributed by atoms with Gasteiger partial charge in [0, 0.05) is 38.8 Å². The molecular formula is C22H24F3N3O3. The summed E-state index contributed by atoms with van der Waals surface area (Å²) in [6, 6.07) is 8.17. The van der Waals surface area contributed by atoms with Crippen molar-refractivity contribution in [1.29, 1.82) is 0 Å². The SMILES string of the molecule is O=C(CCc1ccc2c(c1)OCCO2)N1CCCN(c2ccc(C(F)(F)F)cn2)CC1. The van der Waals surface area contributed by atoms with E-state index in [0.717, 1.165) is 30.0 Å². The number of nitrogens with zero attached hydrogens (tertiary/aromatic N) is 3. The first-order chi connectivity index (χ1) is 14.9. The average molecular weight is 435 g/mol. The molecule has 0 unspecified atom stereocenters. The van der Waals surface area contributed by atoms with Gasteiger partial charge in [0.15, 0.2) is 11.5 Å². The summed E-state index contributed by atoms with van der Waals surface area (Å²) in [7, 11) is 0. The van der Waals surface area contributed by atoms with Gasteiger partial charge >= 0.3 is 6.18 Å². The van der Waals surface area contributed by atoms with Gasteiger partial charge < -0.3 is 19.3 Å². The van der Waals surface area contributed by atoms with Crippen LogP contribution in [0.5, 0.6) is 11.5 Å². The fraction of sp³-hybridized carbons (Fsp3) is 0.455. The zero-order chi connectivity index (χ0) is 21.8. The van der Waals surface area contributed by atoms with E-state index < -0.39 is 11.7 Å². The molecule has 0 radical (unpaired) electrons. The van der Waals surface area contributed by atoms with Crippen LogP contribution in [-0.2, 0) is 17.4 Å². The summed E-state index contributed by atoms with van der Waals surface area (Å²) >= 11 is 0. The monoisotopic (exact) mass is 435 g/mol. The van der Waals surface area contributed by atoms with E-state index in [1.807, 2.05) is 28.0 Å². The Labute approximate surface area is 178 Å². The summed E-state index contributed by atoms with van der Waals surface area (Å²) in [5.74, 6) is 2.01. The molecule has 0 atom stereocenters. The Morgan fingerprint density at radius 3 is 2.55 bits per heavy atom. The maximum absolute atomic E-state index is 12.7. The first-order valence-corrected chi connectivity index (χ1v) is 10.3. The van der Waals surface area contributed by atoms with Gasteiger partial charge in [-0.15, -0.1) is 0 Å². The second-order valence-electron chi connectivity index (χ2n) is 7.60. The number of aromatic nitrogens is 1. The summed E-state index contributed by atoms with van der Waals surface area (Å²) in [4.78, 5) is 20.4. The van der Waals surface area contributed by atoms with Crippen molar-refractivity contribution >= 4 is 11.7 Å². The number of fused-ring (bicyclic) bond motifs is 1. The molecule has 4 rings (SSSR count). The number of anilines is 1. The van der Waals surface area contributed by atoms with Crippen LogP contribution in [0.3, 0.4) is 0 Å².